The first-order chi connectivity index (χ1) is 8.13. The molecule has 4 heteroatoms. The number of hydrogen-bond acceptors (Lipinski definition) is 3. The van der Waals surface area contributed by atoms with Gasteiger partial charge in [-0.1, -0.05) is 6.42 Å². The van der Waals surface area contributed by atoms with Crippen LogP contribution in [-0.4, -0.2) is 41.7 Å². The Labute approximate surface area is 103 Å². The van der Waals surface area contributed by atoms with Crippen molar-refractivity contribution >= 4 is 5.97 Å². The van der Waals surface area contributed by atoms with Crippen LogP contribution in [0, 0.1) is 11.8 Å². The van der Waals surface area contributed by atoms with Crippen LogP contribution in [-0.2, 0) is 4.79 Å². The Balaban J connectivity index is 1.76. The molecule has 98 valence electrons. The monoisotopic (exact) mass is 240 g/mol. The van der Waals surface area contributed by atoms with Crippen molar-refractivity contribution in [3.8, 4) is 0 Å². The van der Waals surface area contributed by atoms with Gasteiger partial charge in [-0.2, -0.15) is 0 Å². The summed E-state index contributed by atoms with van der Waals surface area (Å²) in [7, 11) is 0. The molecular weight excluding hydrogens is 216 g/mol. The second kappa shape index (κ2) is 5.83. The summed E-state index contributed by atoms with van der Waals surface area (Å²) in [5, 5.41) is 8.72. The van der Waals surface area contributed by atoms with Crippen molar-refractivity contribution in [2.75, 3.05) is 19.6 Å². The third-order valence-electron chi connectivity index (χ3n) is 4.15. The van der Waals surface area contributed by atoms with Gasteiger partial charge in [0, 0.05) is 32.1 Å². The zero-order chi connectivity index (χ0) is 12.3. The minimum absolute atomic E-state index is 0.239. The number of likely N-dealkylation sites (tertiary alicyclic amines) is 1. The predicted octanol–water partition coefficient (Wildman–Crippen LogP) is 1.30. The lowest BCUT2D eigenvalue weighted by Gasteiger charge is -2.40. The van der Waals surface area contributed by atoms with Crippen LogP contribution in [0.2, 0.25) is 0 Å². The molecule has 1 saturated heterocycles. The predicted molar refractivity (Wildman–Crippen MR) is 66.7 cm³/mol. The third-order valence-corrected chi connectivity index (χ3v) is 4.15. The molecule has 2 fully saturated rings. The van der Waals surface area contributed by atoms with E-state index < -0.39 is 5.97 Å². The maximum absolute atomic E-state index is 10.6. The summed E-state index contributed by atoms with van der Waals surface area (Å²) >= 11 is 0. The molecule has 4 nitrogen and oxygen atoms in total. The number of nitrogens with zero attached hydrogens (tertiary/aromatic N) is 1. The third kappa shape index (κ3) is 3.96. The molecule has 0 aromatic heterocycles. The van der Waals surface area contributed by atoms with E-state index in [2.05, 4.69) is 4.90 Å². The Kier molecular flexibility index (Phi) is 4.40. The first-order valence-corrected chi connectivity index (χ1v) is 6.83. The van der Waals surface area contributed by atoms with Crippen LogP contribution in [0.25, 0.3) is 0 Å². The number of hydrogen-bond donors (Lipinski definition) is 2. The zero-order valence-corrected chi connectivity index (χ0v) is 10.5. The lowest BCUT2D eigenvalue weighted by molar-refractivity contribution is -0.137. The van der Waals surface area contributed by atoms with Crippen LogP contribution >= 0.6 is 0 Å². The highest BCUT2D eigenvalue weighted by molar-refractivity contribution is 5.66. The van der Waals surface area contributed by atoms with Crippen LogP contribution in [0.3, 0.4) is 0 Å². The normalized spacial score (nSPS) is 31.1. The van der Waals surface area contributed by atoms with Crippen LogP contribution in [0.15, 0.2) is 0 Å². The molecule has 2 aliphatic rings. The van der Waals surface area contributed by atoms with Crippen molar-refractivity contribution in [2.45, 2.75) is 44.6 Å². The van der Waals surface area contributed by atoms with E-state index in [4.69, 9.17) is 10.8 Å². The fourth-order valence-corrected chi connectivity index (χ4v) is 3.07. The molecule has 1 heterocycles. The summed E-state index contributed by atoms with van der Waals surface area (Å²) in [6.45, 7) is 3.23. The van der Waals surface area contributed by atoms with Gasteiger partial charge in [0.25, 0.3) is 0 Å². The van der Waals surface area contributed by atoms with Crippen LogP contribution in [0.5, 0.6) is 0 Å². The number of piperidine rings is 1. The first kappa shape index (κ1) is 12.8. The minimum Gasteiger partial charge on any atom is -0.481 e. The molecule has 1 aliphatic carbocycles. The lowest BCUT2D eigenvalue weighted by atomic mass is 9.83. The van der Waals surface area contributed by atoms with Crippen molar-refractivity contribution in [2.24, 2.45) is 17.6 Å². The molecule has 0 radical (unpaired) electrons. The van der Waals surface area contributed by atoms with Gasteiger partial charge >= 0.3 is 5.97 Å². The molecular formula is C13H24N2O2. The molecule has 17 heavy (non-hydrogen) atoms. The quantitative estimate of drug-likeness (QED) is 0.760. The second-order valence-corrected chi connectivity index (χ2v) is 5.81. The number of nitrogens with two attached hydrogens (primary N) is 1. The summed E-state index contributed by atoms with van der Waals surface area (Å²) in [5.74, 6) is 0.671. The largest absolute Gasteiger partial charge is 0.481 e. The van der Waals surface area contributed by atoms with Gasteiger partial charge in [-0.15, -0.1) is 0 Å². The molecule has 2 unspecified atom stereocenters. The van der Waals surface area contributed by atoms with Gasteiger partial charge in [0.1, 0.15) is 0 Å². The molecule has 0 amide bonds. The average molecular weight is 240 g/mol. The summed E-state index contributed by atoms with van der Waals surface area (Å²) in [5.41, 5.74) is 6.07. The number of carboxylic acids is 1. The fourth-order valence-electron chi connectivity index (χ4n) is 3.07. The van der Waals surface area contributed by atoms with Gasteiger partial charge in [0.2, 0.25) is 0 Å². The fraction of sp³-hybridized carbons (Fsp3) is 0.923. The molecule has 1 saturated carbocycles. The summed E-state index contributed by atoms with van der Waals surface area (Å²) in [6.07, 6.45) is 6.18. The number of carbonyl (C=O) groups is 1. The van der Waals surface area contributed by atoms with E-state index >= 15 is 0 Å². The Morgan fingerprint density at radius 3 is 2.65 bits per heavy atom. The van der Waals surface area contributed by atoms with Crippen molar-refractivity contribution in [3.05, 3.63) is 0 Å². The lowest BCUT2D eigenvalue weighted by Crippen LogP contribution is -2.49. The van der Waals surface area contributed by atoms with E-state index in [-0.39, 0.29) is 12.5 Å². The molecule has 2 atom stereocenters. The van der Waals surface area contributed by atoms with Crippen LogP contribution in [0.4, 0.5) is 0 Å². The van der Waals surface area contributed by atoms with Gasteiger partial charge in [-0.3, -0.25) is 4.79 Å². The summed E-state index contributed by atoms with van der Waals surface area (Å²) in [4.78, 5) is 13.1. The molecule has 3 N–H and O–H groups in total. The highest BCUT2D eigenvalue weighted by Gasteiger charge is 2.28. The minimum atomic E-state index is -0.685. The maximum atomic E-state index is 10.6. The van der Waals surface area contributed by atoms with Gasteiger partial charge in [-0.05, 0) is 37.5 Å². The summed E-state index contributed by atoms with van der Waals surface area (Å²) < 4.78 is 0. The Hall–Kier alpha value is -0.610. The van der Waals surface area contributed by atoms with E-state index in [9.17, 15) is 4.79 Å². The van der Waals surface area contributed by atoms with Gasteiger partial charge in [-0.25, -0.2) is 0 Å². The maximum Gasteiger partial charge on any atom is 0.303 e. The van der Waals surface area contributed by atoms with Gasteiger partial charge in [0.05, 0.1) is 0 Å². The highest BCUT2D eigenvalue weighted by Crippen LogP contribution is 2.29. The van der Waals surface area contributed by atoms with Crippen molar-refractivity contribution < 1.29 is 9.90 Å². The Bertz CT molecular complexity index is 266. The van der Waals surface area contributed by atoms with Gasteiger partial charge < -0.3 is 15.7 Å². The topological polar surface area (TPSA) is 66.6 Å². The Morgan fingerprint density at radius 1 is 1.29 bits per heavy atom. The number of rotatable bonds is 5. The van der Waals surface area contributed by atoms with E-state index in [1.54, 1.807) is 0 Å². The molecule has 2 rings (SSSR count). The average Bonchev–Trinajstić information content (AvgIpc) is 2.20. The molecule has 0 spiro atoms. The van der Waals surface area contributed by atoms with Crippen LogP contribution < -0.4 is 5.73 Å². The molecule has 0 aromatic carbocycles. The van der Waals surface area contributed by atoms with Crippen LogP contribution in [0.1, 0.15) is 38.5 Å². The number of aliphatic carboxylic acids is 1. The SMILES string of the molecule is NC1CC(CCC(=O)O)CN(CC2CCC2)C1. The van der Waals surface area contributed by atoms with E-state index in [1.807, 2.05) is 0 Å². The standard InChI is InChI=1S/C13H24N2O2/c14-12-6-11(4-5-13(16)17)8-15(9-12)7-10-2-1-3-10/h10-12H,1-9,14H2,(H,16,17). The molecule has 0 aromatic rings. The van der Waals surface area contributed by atoms with Gasteiger partial charge in [0.15, 0.2) is 0 Å². The van der Waals surface area contributed by atoms with E-state index in [0.29, 0.717) is 5.92 Å². The second-order valence-electron chi connectivity index (χ2n) is 5.81. The smallest absolute Gasteiger partial charge is 0.303 e. The van der Waals surface area contributed by atoms with Crippen molar-refractivity contribution in [1.82, 2.24) is 4.90 Å². The molecule has 1 aliphatic heterocycles. The highest BCUT2D eigenvalue weighted by atomic mass is 16.4. The number of carboxylic acid groups (broad SMARTS) is 1. The van der Waals surface area contributed by atoms with E-state index in [0.717, 1.165) is 31.8 Å². The van der Waals surface area contributed by atoms with Crippen molar-refractivity contribution in [1.29, 1.82) is 0 Å². The van der Waals surface area contributed by atoms with Crippen molar-refractivity contribution in [3.63, 3.8) is 0 Å². The first-order valence-electron chi connectivity index (χ1n) is 6.83. The Morgan fingerprint density at radius 2 is 2.06 bits per heavy atom. The zero-order valence-electron chi connectivity index (χ0n) is 10.5. The van der Waals surface area contributed by atoms with E-state index in [1.165, 1.54) is 25.8 Å². The summed E-state index contributed by atoms with van der Waals surface area (Å²) in [6, 6.07) is 0.239. The molecule has 0 bridgehead atoms.